The van der Waals surface area contributed by atoms with E-state index in [0.29, 0.717) is 6.54 Å². The summed E-state index contributed by atoms with van der Waals surface area (Å²) >= 11 is 7.04. The summed E-state index contributed by atoms with van der Waals surface area (Å²) in [6.07, 6.45) is 2.68. The molecule has 112 valence electrons. The molecule has 1 atom stereocenters. The number of hydrogen-bond donors (Lipinski definition) is 1. The molecule has 1 saturated carbocycles. The summed E-state index contributed by atoms with van der Waals surface area (Å²) in [7, 11) is 2.11. The Morgan fingerprint density at radius 1 is 1.35 bits per heavy atom. The monoisotopic (exact) mass is 404 g/mol. The molecule has 0 aliphatic heterocycles. The maximum Gasteiger partial charge on any atom is 0.0593 e. The van der Waals surface area contributed by atoms with Crippen molar-refractivity contribution in [2.24, 2.45) is 11.7 Å². The fraction of sp³-hybridized carbons (Fsp3) is 0.600. The Balaban J connectivity index is 1.86. The molecule has 1 aromatic carbocycles. The van der Waals surface area contributed by atoms with Crippen LogP contribution in [0, 0.1) is 5.92 Å². The van der Waals surface area contributed by atoms with Crippen LogP contribution >= 0.6 is 31.9 Å². The first-order valence-electron chi connectivity index (χ1n) is 7.04. The number of ether oxygens (including phenoxy) is 1. The third kappa shape index (κ3) is 4.81. The van der Waals surface area contributed by atoms with Crippen LogP contribution in [0.3, 0.4) is 0 Å². The lowest BCUT2D eigenvalue weighted by Gasteiger charge is -2.27. The quantitative estimate of drug-likeness (QED) is 0.672. The fourth-order valence-electron chi connectivity index (χ4n) is 2.19. The van der Waals surface area contributed by atoms with Gasteiger partial charge in [-0.15, -0.1) is 0 Å². The zero-order valence-electron chi connectivity index (χ0n) is 11.8. The van der Waals surface area contributed by atoms with E-state index in [1.54, 1.807) is 0 Å². The second-order valence-corrected chi connectivity index (χ2v) is 7.13. The normalized spacial score (nSPS) is 16.6. The van der Waals surface area contributed by atoms with E-state index in [9.17, 15) is 0 Å². The number of likely N-dealkylation sites (N-methyl/N-ethyl adjacent to an activating group) is 1. The molecule has 1 aliphatic rings. The second kappa shape index (κ2) is 7.90. The van der Waals surface area contributed by atoms with Gasteiger partial charge in [0.1, 0.15) is 0 Å². The number of halogens is 2. The highest BCUT2D eigenvalue weighted by Gasteiger charge is 2.21. The predicted octanol–water partition coefficient (Wildman–Crippen LogP) is 3.57. The summed E-state index contributed by atoms with van der Waals surface area (Å²) in [5.41, 5.74) is 7.18. The van der Waals surface area contributed by atoms with Gasteiger partial charge in [-0.2, -0.15) is 0 Å². The van der Waals surface area contributed by atoms with E-state index < -0.39 is 0 Å². The Labute approximate surface area is 138 Å². The van der Waals surface area contributed by atoms with Crippen molar-refractivity contribution in [2.45, 2.75) is 18.9 Å². The first-order valence-corrected chi connectivity index (χ1v) is 8.63. The van der Waals surface area contributed by atoms with Crippen molar-refractivity contribution in [3.05, 3.63) is 32.7 Å². The van der Waals surface area contributed by atoms with Crippen LogP contribution in [-0.4, -0.2) is 38.3 Å². The van der Waals surface area contributed by atoms with E-state index in [2.05, 4.69) is 62.0 Å². The van der Waals surface area contributed by atoms with Crippen molar-refractivity contribution >= 4 is 31.9 Å². The maximum absolute atomic E-state index is 5.95. The van der Waals surface area contributed by atoms with E-state index in [0.717, 1.165) is 34.6 Å². The number of benzene rings is 1. The highest BCUT2D eigenvalue weighted by atomic mass is 79.9. The van der Waals surface area contributed by atoms with Crippen LogP contribution in [0.15, 0.2) is 27.1 Å². The molecule has 20 heavy (non-hydrogen) atoms. The largest absolute Gasteiger partial charge is 0.380 e. The van der Waals surface area contributed by atoms with E-state index in [1.165, 1.54) is 18.4 Å². The molecule has 1 aliphatic carbocycles. The van der Waals surface area contributed by atoms with Gasteiger partial charge in [0.2, 0.25) is 0 Å². The molecule has 0 bridgehead atoms. The van der Waals surface area contributed by atoms with Crippen molar-refractivity contribution in [2.75, 3.05) is 33.4 Å². The topological polar surface area (TPSA) is 38.5 Å². The van der Waals surface area contributed by atoms with Crippen LogP contribution in [0.25, 0.3) is 0 Å². The van der Waals surface area contributed by atoms with Gasteiger partial charge in [0.25, 0.3) is 0 Å². The molecule has 1 unspecified atom stereocenters. The van der Waals surface area contributed by atoms with Crippen molar-refractivity contribution in [3.63, 3.8) is 0 Å². The molecule has 3 nitrogen and oxygen atoms in total. The van der Waals surface area contributed by atoms with Crippen molar-refractivity contribution in [3.8, 4) is 0 Å². The summed E-state index contributed by atoms with van der Waals surface area (Å²) in [6.45, 7) is 3.21. The Morgan fingerprint density at radius 2 is 2.10 bits per heavy atom. The van der Waals surface area contributed by atoms with Crippen LogP contribution in [0.4, 0.5) is 0 Å². The predicted molar refractivity (Wildman–Crippen MR) is 89.8 cm³/mol. The first-order chi connectivity index (χ1) is 9.61. The third-order valence-electron chi connectivity index (χ3n) is 3.72. The van der Waals surface area contributed by atoms with Crippen molar-refractivity contribution in [1.82, 2.24) is 4.90 Å². The van der Waals surface area contributed by atoms with Gasteiger partial charge in [-0.3, -0.25) is 4.90 Å². The van der Waals surface area contributed by atoms with Crippen LogP contribution in [0.5, 0.6) is 0 Å². The minimum atomic E-state index is 0.226. The molecule has 1 aromatic rings. The van der Waals surface area contributed by atoms with Gasteiger partial charge in [0.15, 0.2) is 0 Å². The van der Waals surface area contributed by atoms with Crippen LogP contribution < -0.4 is 5.73 Å². The van der Waals surface area contributed by atoms with Gasteiger partial charge in [-0.1, -0.05) is 6.07 Å². The molecule has 0 amide bonds. The first kappa shape index (κ1) is 16.4. The molecular weight excluding hydrogens is 384 g/mol. The average Bonchev–Trinajstić information content (AvgIpc) is 3.24. The minimum Gasteiger partial charge on any atom is -0.380 e. The molecule has 2 N–H and O–H groups in total. The lowest BCUT2D eigenvalue weighted by atomic mass is 10.1. The summed E-state index contributed by atoms with van der Waals surface area (Å²) in [5.74, 6) is 0.827. The lowest BCUT2D eigenvalue weighted by molar-refractivity contribution is 0.0922. The SMILES string of the molecule is CN(CCOCC1CC1)C(CN)c1ccc(Br)c(Br)c1. The van der Waals surface area contributed by atoms with Gasteiger partial charge in [-0.25, -0.2) is 0 Å². The Hall–Kier alpha value is 0.0600. The van der Waals surface area contributed by atoms with Gasteiger partial charge in [0, 0.05) is 34.7 Å². The number of hydrogen-bond acceptors (Lipinski definition) is 3. The molecule has 0 spiro atoms. The molecular formula is C15H22Br2N2O. The van der Waals surface area contributed by atoms with Gasteiger partial charge < -0.3 is 10.5 Å². The molecule has 0 radical (unpaired) electrons. The van der Waals surface area contributed by atoms with Crippen LogP contribution in [-0.2, 0) is 4.74 Å². The fourth-order valence-corrected chi connectivity index (χ4v) is 2.83. The molecule has 5 heteroatoms. The number of nitrogens with two attached hydrogens (primary N) is 1. The summed E-state index contributed by atoms with van der Waals surface area (Å²) in [4.78, 5) is 2.27. The van der Waals surface area contributed by atoms with Crippen LogP contribution in [0.1, 0.15) is 24.4 Å². The van der Waals surface area contributed by atoms with Crippen molar-refractivity contribution in [1.29, 1.82) is 0 Å². The standard InChI is InChI=1S/C15H22Br2N2O/c1-19(6-7-20-10-11-2-3-11)15(9-18)12-4-5-13(16)14(17)8-12/h4-5,8,11,15H,2-3,6-7,9-10,18H2,1H3. The second-order valence-electron chi connectivity index (χ2n) is 5.42. The smallest absolute Gasteiger partial charge is 0.0593 e. The van der Waals surface area contributed by atoms with Gasteiger partial charge in [-0.05, 0) is 75.4 Å². The highest BCUT2D eigenvalue weighted by molar-refractivity contribution is 9.13. The van der Waals surface area contributed by atoms with E-state index >= 15 is 0 Å². The van der Waals surface area contributed by atoms with Gasteiger partial charge in [0.05, 0.1) is 6.61 Å². The zero-order valence-corrected chi connectivity index (χ0v) is 15.0. The summed E-state index contributed by atoms with van der Waals surface area (Å²) in [6, 6.07) is 6.53. The summed E-state index contributed by atoms with van der Waals surface area (Å²) in [5, 5.41) is 0. The third-order valence-corrected chi connectivity index (χ3v) is 5.60. The summed E-state index contributed by atoms with van der Waals surface area (Å²) < 4.78 is 7.83. The highest BCUT2D eigenvalue weighted by Crippen LogP contribution is 2.29. The zero-order chi connectivity index (χ0) is 14.5. The molecule has 0 heterocycles. The van der Waals surface area contributed by atoms with E-state index in [-0.39, 0.29) is 6.04 Å². The molecule has 2 rings (SSSR count). The van der Waals surface area contributed by atoms with E-state index in [4.69, 9.17) is 10.5 Å². The Morgan fingerprint density at radius 3 is 2.70 bits per heavy atom. The lowest BCUT2D eigenvalue weighted by Crippen LogP contribution is -2.33. The van der Waals surface area contributed by atoms with Gasteiger partial charge >= 0.3 is 0 Å². The van der Waals surface area contributed by atoms with Crippen LogP contribution in [0.2, 0.25) is 0 Å². The average molecular weight is 406 g/mol. The molecule has 0 saturated heterocycles. The number of nitrogens with zero attached hydrogens (tertiary/aromatic N) is 1. The molecule has 1 fully saturated rings. The van der Waals surface area contributed by atoms with E-state index in [1.807, 2.05) is 0 Å². The minimum absolute atomic E-state index is 0.226. The maximum atomic E-state index is 5.95. The van der Waals surface area contributed by atoms with Crippen molar-refractivity contribution < 1.29 is 4.74 Å². The number of rotatable bonds is 8. The Kier molecular flexibility index (Phi) is 6.49. The molecule has 0 aromatic heterocycles. The Bertz CT molecular complexity index is 438.